The van der Waals surface area contributed by atoms with Crippen molar-refractivity contribution < 1.29 is 19.0 Å². The fraction of sp³-hybridized carbons (Fsp3) is 0.333. The highest BCUT2D eigenvalue weighted by atomic mass is 32.1. The van der Waals surface area contributed by atoms with Gasteiger partial charge in [-0.2, -0.15) is 0 Å². The molecule has 0 aromatic heterocycles. The van der Waals surface area contributed by atoms with E-state index in [-0.39, 0.29) is 17.1 Å². The van der Waals surface area contributed by atoms with Crippen molar-refractivity contribution in [1.29, 1.82) is 0 Å². The van der Waals surface area contributed by atoms with Gasteiger partial charge >= 0.3 is 0 Å². The third-order valence-electron chi connectivity index (χ3n) is 4.23. The number of carbonyl (C=O) groups is 1. The Bertz CT molecular complexity index is 779. The number of carbonyl (C=O) groups excluding carboxylic acids is 1. The lowest BCUT2D eigenvalue weighted by molar-refractivity contribution is 0.0968. The van der Waals surface area contributed by atoms with E-state index in [1.807, 2.05) is 36.4 Å². The summed E-state index contributed by atoms with van der Waals surface area (Å²) in [5.74, 6) is 0.947. The first-order valence-corrected chi connectivity index (χ1v) is 9.73. The van der Waals surface area contributed by atoms with Gasteiger partial charge in [0.15, 0.2) is 5.11 Å². The Morgan fingerprint density at radius 3 is 2.61 bits per heavy atom. The van der Waals surface area contributed by atoms with Gasteiger partial charge < -0.3 is 19.5 Å². The van der Waals surface area contributed by atoms with Gasteiger partial charge in [0.2, 0.25) is 0 Å². The number of rotatable bonds is 8. The second kappa shape index (κ2) is 10.6. The van der Waals surface area contributed by atoms with Crippen LogP contribution < -0.4 is 20.1 Å². The molecule has 1 aliphatic heterocycles. The fourth-order valence-corrected chi connectivity index (χ4v) is 3.01. The largest absolute Gasteiger partial charge is 0.490 e. The maximum absolute atomic E-state index is 12.5. The van der Waals surface area contributed by atoms with E-state index in [2.05, 4.69) is 10.6 Å². The molecule has 0 saturated carbocycles. The minimum absolute atomic E-state index is 0.148. The van der Waals surface area contributed by atoms with Crippen LogP contribution in [0.3, 0.4) is 0 Å². The van der Waals surface area contributed by atoms with Gasteiger partial charge in [-0.1, -0.05) is 30.3 Å². The van der Waals surface area contributed by atoms with Gasteiger partial charge in [0.25, 0.3) is 5.91 Å². The Morgan fingerprint density at radius 1 is 1.07 bits per heavy atom. The zero-order chi connectivity index (χ0) is 19.6. The molecule has 1 amide bonds. The van der Waals surface area contributed by atoms with Crippen LogP contribution in [0.1, 0.15) is 23.2 Å². The van der Waals surface area contributed by atoms with Crippen molar-refractivity contribution >= 4 is 23.2 Å². The normalized spacial score (nSPS) is 15.6. The van der Waals surface area contributed by atoms with Crippen LogP contribution in [0, 0.1) is 0 Å². The van der Waals surface area contributed by atoms with Gasteiger partial charge in [-0.05, 0) is 49.3 Å². The minimum atomic E-state index is -0.315. The van der Waals surface area contributed by atoms with E-state index in [9.17, 15) is 4.79 Å². The van der Waals surface area contributed by atoms with Gasteiger partial charge in [-0.3, -0.25) is 10.1 Å². The standard InChI is InChI=1S/C21H24N2O4S/c24-20(23-21(28)22-15-17-9-6-12-25-17)18-10-4-5-11-19(18)27-14-13-26-16-7-2-1-3-8-16/h1-5,7-8,10-11,17H,6,9,12-15H2,(H2,22,23,24,28). The molecule has 2 aromatic rings. The predicted molar refractivity (Wildman–Crippen MR) is 111 cm³/mol. The number of amides is 1. The van der Waals surface area contributed by atoms with Crippen LogP contribution in [-0.2, 0) is 4.74 Å². The second-order valence-electron chi connectivity index (χ2n) is 6.31. The van der Waals surface area contributed by atoms with Gasteiger partial charge in [-0.25, -0.2) is 0 Å². The van der Waals surface area contributed by atoms with Crippen LogP contribution in [0.2, 0.25) is 0 Å². The molecule has 2 aromatic carbocycles. The Kier molecular flexibility index (Phi) is 7.63. The first kappa shape index (κ1) is 20.1. The van der Waals surface area contributed by atoms with Crippen molar-refractivity contribution in [2.45, 2.75) is 18.9 Å². The molecule has 0 aliphatic carbocycles. The van der Waals surface area contributed by atoms with Gasteiger partial charge in [0, 0.05) is 13.2 Å². The minimum Gasteiger partial charge on any atom is -0.490 e. The van der Waals surface area contributed by atoms with E-state index in [1.165, 1.54) is 0 Å². The molecule has 28 heavy (non-hydrogen) atoms. The van der Waals surface area contributed by atoms with E-state index in [4.69, 9.17) is 26.4 Å². The zero-order valence-electron chi connectivity index (χ0n) is 15.6. The first-order valence-electron chi connectivity index (χ1n) is 9.33. The lowest BCUT2D eigenvalue weighted by Crippen LogP contribution is -2.42. The van der Waals surface area contributed by atoms with E-state index in [1.54, 1.807) is 18.2 Å². The number of nitrogens with one attached hydrogen (secondary N) is 2. The number of hydrogen-bond acceptors (Lipinski definition) is 5. The summed E-state index contributed by atoms with van der Waals surface area (Å²) in [5, 5.41) is 6.00. The molecule has 0 radical (unpaired) electrons. The highest BCUT2D eigenvalue weighted by molar-refractivity contribution is 7.80. The van der Waals surface area contributed by atoms with Crippen LogP contribution >= 0.6 is 12.2 Å². The highest BCUT2D eigenvalue weighted by Crippen LogP contribution is 2.18. The summed E-state index contributed by atoms with van der Waals surface area (Å²) in [6.07, 6.45) is 2.21. The molecule has 1 saturated heterocycles. The molecule has 1 heterocycles. The van der Waals surface area contributed by atoms with Crippen molar-refractivity contribution in [1.82, 2.24) is 10.6 Å². The average Bonchev–Trinajstić information content (AvgIpc) is 3.24. The summed E-state index contributed by atoms with van der Waals surface area (Å²) < 4.78 is 16.9. The molecule has 2 N–H and O–H groups in total. The Hall–Kier alpha value is -2.64. The maximum Gasteiger partial charge on any atom is 0.261 e. The van der Waals surface area contributed by atoms with Crippen molar-refractivity contribution in [3.63, 3.8) is 0 Å². The average molecular weight is 401 g/mol. The number of para-hydroxylation sites is 2. The molecule has 1 unspecified atom stereocenters. The Labute approximate surface area is 170 Å². The maximum atomic E-state index is 12.5. The van der Waals surface area contributed by atoms with E-state index >= 15 is 0 Å². The topological polar surface area (TPSA) is 68.8 Å². The summed E-state index contributed by atoms with van der Waals surface area (Å²) in [5.41, 5.74) is 0.420. The van der Waals surface area contributed by atoms with Crippen molar-refractivity contribution in [3.8, 4) is 11.5 Å². The molecule has 7 heteroatoms. The van der Waals surface area contributed by atoms with Crippen LogP contribution in [0.15, 0.2) is 54.6 Å². The predicted octanol–water partition coefficient (Wildman–Crippen LogP) is 2.93. The third kappa shape index (κ3) is 6.21. The van der Waals surface area contributed by atoms with Crippen LogP contribution in [0.4, 0.5) is 0 Å². The van der Waals surface area contributed by atoms with Crippen molar-refractivity contribution in [2.75, 3.05) is 26.4 Å². The molecule has 1 fully saturated rings. The van der Waals surface area contributed by atoms with Crippen LogP contribution in [0.25, 0.3) is 0 Å². The van der Waals surface area contributed by atoms with Crippen molar-refractivity contribution in [2.24, 2.45) is 0 Å². The molecule has 1 aliphatic rings. The zero-order valence-corrected chi connectivity index (χ0v) is 16.4. The second-order valence-corrected chi connectivity index (χ2v) is 6.71. The van der Waals surface area contributed by atoms with Crippen LogP contribution in [0.5, 0.6) is 11.5 Å². The molecular formula is C21H24N2O4S. The molecular weight excluding hydrogens is 376 g/mol. The van der Waals surface area contributed by atoms with Gasteiger partial charge in [0.05, 0.1) is 11.7 Å². The Balaban J connectivity index is 1.46. The van der Waals surface area contributed by atoms with E-state index in [0.29, 0.717) is 31.1 Å². The molecule has 148 valence electrons. The van der Waals surface area contributed by atoms with Gasteiger partial charge in [-0.15, -0.1) is 0 Å². The number of benzene rings is 2. The number of thiocarbonyl (C=S) groups is 1. The smallest absolute Gasteiger partial charge is 0.261 e. The molecule has 0 bridgehead atoms. The SMILES string of the molecule is O=C(NC(=S)NCC1CCCO1)c1ccccc1OCCOc1ccccc1. The lowest BCUT2D eigenvalue weighted by atomic mass is 10.2. The quantitative estimate of drug-likeness (QED) is 0.525. The molecule has 3 rings (SSSR count). The summed E-state index contributed by atoms with van der Waals surface area (Å²) in [6.45, 7) is 2.07. The lowest BCUT2D eigenvalue weighted by Gasteiger charge is -2.15. The fourth-order valence-electron chi connectivity index (χ4n) is 2.83. The summed E-state index contributed by atoms with van der Waals surface area (Å²) in [7, 11) is 0. The van der Waals surface area contributed by atoms with E-state index in [0.717, 1.165) is 25.2 Å². The number of ether oxygens (including phenoxy) is 3. The van der Waals surface area contributed by atoms with E-state index < -0.39 is 0 Å². The summed E-state index contributed by atoms with van der Waals surface area (Å²) in [4.78, 5) is 12.5. The molecule has 6 nitrogen and oxygen atoms in total. The molecule has 0 spiro atoms. The summed E-state index contributed by atoms with van der Waals surface area (Å²) in [6, 6.07) is 16.6. The highest BCUT2D eigenvalue weighted by Gasteiger charge is 2.17. The monoisotopic (exact) mass is 400 g/mol. The molecule has 1 atom stereocenters. The first-order chi connectivity index (χ1) is 13.7. The third-order valence-corrected chi connectivity index (χ3v) is 4.47. The Morgan fingerprint density at radius 2 is 1.82 bits per heavy atom. The van der Waals surface area contributed by atoms with Crippen molar-refractivity contribution in [3.05, 3.63) is 60.2 Å². The summed E-state index contributed by atoms with van der Waals surface area (Å²) >= 11 is 5.21. The number of hydrogen-bond donors (Lipinski definition) is 2. The van der Waals surface area contributed by atoms with Crippen LogP contribution in [-0.4, -0.2) is 43.5 Å². The van der Waals surface area contributed by atoms with Gasteiger partial charge in [0.1, 0.15) is 24.7 Å².